The summed E-state index contributed by atoms with van der Waals surface area (Å²) in [5.41, 5.74) is -0.276. The summed E-state index contributed by atoms with van der Waals surface area (Å²) < 4.78 is 37.6. The molecular weight excluding hydrogens is 509 g/mol. The van der Waals surface area contributed by atoms with Crippen LogP contribution in [0.5, 0.6) is 5.75 Å². The second-order valence-corrected chi connectivity index (χ2v) is 11.2. The van der Waals surface area contributed by atoms with Crippen LogP contribution in [-0.4, -0.2) is 59.2 Å². The number of ether oxygens (including phenoxy) is 4. The Morgan fingerprint density at radius 2 is 1.87 bits per heavy atom. The topological polar surface area (TPSA) is 112 Å². The van der Waals surface area contributed by atoms with Crippen LogP contribution in [0.2, 0.25) is 0 Å². The number of cyclic esters (lactones) is 1. The first-order chi connectivity index (χ1) is 18.0. The van der Waals surface area contributed by atoms with Gasteiger partial charge in [0.25, 0.3) is 0 Å². The first-order valence-corrected chi connectivity index (χ1v) is 13.0. The summed E-state index contributed by atoms with van der Waals surface area (Å²) in [7, 11) is 0. The Balaban J connectivity index is 2.10. The second-order valence-electron chi connectivity index (χ2n) is 11.2. The predicted molar refractivity (Wildman–Crippen MR) is 143 cm³/mol. The van der Waals surface area contributed by atoms with E-state index < -0.39 is 65.0 Å². The van der Waals surface area contributed by atoms with Gasteiger partial charge in [-0.3, -0.25) is 9.69 Å². The number of hydrogen-bond acceptors (Lipinski definition) is 8. The van der Waals surface area contributed by atoms with Crippen molar-refractivity contribution in [3.8, 4) is 5.75 Å². The number of ketones is 1. The van der Waals surface area contributed by atoms with Gasteiger partial charge in [0.15, 0.2) is 17.7 Å². The molecule has 214 valence electrons. The number of nitrogens with zero attached hydrogens (tertiary/aromatic N) is 1. The van der Waals surface area contributed by atoms with Crippen molar-refractivity contribution < 1.29 is 42.8 Å². The number of fused-ring (bicyclic) bond motifs is 2. The number of benzene rings is 1. The molecule has 0 spiro atoms. The van der Waals surface area contributed by atoms with E-state index in [-0.39, 0.29) is 24.1 Å². The van der Waals surface area contributed by atoms with E-state index in [1.165, 1.54) is 11.0 Å². The maximum absolute atomic E-state index is 14.9. The third-order valence-electron chi connectivity index (χ3n) is 6.36. The summed E-state index contributed by atoms with van der Waals surface area (Å²) in [5.74, 6) is -4.87. The number of amides is 1. The summed E-state index contributed by atoms with van der Waals surface area (Å²) in [6, 6.07) is 2.86. The van der Waals surface area contributed by atoms with Gasteiger partial charge in [0.05, 0.1) is 11.8 Å². The molecule has 1 fully saturated rings. The first kappa shape index (κ1) is 30.3. The Hall–Kier alpha value is -3.24. The largest absolute Gasteiger partial charge is 0.507 e. The lowest BCUT2D eigenvalue weighted by atomic mass is 9.98. The molecule has 9 nitrogen and oxygen atoms in total. The molecule has 1 saturated heterocycles. The van der Waals surface area contributed by atoms with E-state index in [4.69, 9.17) is 18.9 Å². The van der Waals surface area contributed by atoms with Gasteiger partial charge in [-0.1, -0.05) is 19.1 Å². The van der Waals surface area contributed by atoms with Gasteiger partial charge in [0, 0.05) is 18.5 Å². The van der Waals surface area contributed by atoms with Gasteiger partial charge in [0.1, 0.15) is 23.0 Å². The van der Waals surface area contributed by atoms with Crippen molar-refractivity contribution in [1.82, 2.24) is 0 Å². The lowest BCUT2D eigenvalue weighted by molar-refractivity contribution is -0.153. The second kappa shape index (κ2) is 11.5. The molecule has 2 aliphatic heterocycles. The van der Waals surface area contributed by atoms with E-state index >= 15 is 0 Å². The van der Waals surface area contributed by atoms with Crippen molar-refractivity contribution in [1.29, 1.82) is 0 Å². The van der Waals surface area contributed by atoms with Crippen LogP contribution in [0.3, 0.4) is 0 Å². The SMILES string of the molecule is CCN(C(=O)OC(C)(C)C)c1cc(O)c2c(c1)C=CC[C@@H]1OC(C)(C)O[C@@H]1C(=O)C(F)=C[C@@H](C)[C@H](C)OC2=O. The highest BCUT2D eigenvalue weighted by atomic mass is 19.1. The van der Waals surface area contributed by atoms with Gasteiger partial charge in [-0.05, 0) is 72.6 Å². The van der Waals surface area contributed by atoms with Crippen LogP contribution in [0.1, 0.15) is 77.7 Å². The van der Waals surface area contributed by atoms with Crippen molar-refractivity contribution in [2.75, 3.05) is 11.4 Å². The smallest absolute Gasteiger partial charge is 0.414 e. The molecular formula is C29H38FNO8. The molecule has 0 unspecified atom stereocenters. The van der Waals surface area contributed by atoms with E-state index in [1.54, 1.807) is 73.6 Å². The van der Waals surface area contributed by atoms with Gasteiger partial charge < -0.3 is 24.1 Å². The number of hydrogen-bond donors (Lipinski definition) is 1. The number of anilines is 1. The highest BCUT2D eigenvalue weighted by Crippen LogP contribution is 2.35. The normalized spacial score (nSPS) is 25.6. The number of aromatic hydroxyl groups is 1. The van der Waals surface area contributed by atoms with E-state index in [1.807, 2.05) is 0 Å². The van der Waals surface area contributed by atoms with Crippen LogP contribution in [-0.2, 0) is 23.7 Å². The molecule has 10 heteroatoms. The zero-order valence-electron chi connectivity index (χ0n) is 23.7. The molecule has 0 aromatic heterocycles. The molecule has 0 radical (unpaired) electrons. The maximum Gasteiger partial charge on any atom is 0.414 e. The molecule has 1 N–H and O–H groups in total. The van der Waals surface area contributed by atoms with E-state index in [0.29, 0.717) is 5.69 Å². The van der Waals surface area contributed by atoms with E-state index in [9.17, 15) is 23.9 Å². The highest BCUT2D eigenvalue weighted by Gasteiger charge is 2.45. The third kappa shape index (κ3) is 7.24. The van der Waals surface area contributed by atoms with Crippen LogP contribution >= 0.6 is 0 Å². The summed E-state index contributed by atoms with van der Waals surface area (Å²) >= 11 is 0. The quantitative estimate of drug-likeness (QED) is 0.470. The molecule has 0 saturated carbocycles. The Kier molecular flexibility index (Phi) is 8.92. The fourth-order valence-corrected chi connectivity index (χ4v) is 4.36. The average molecular weight is 548 g/mol. The van der Waals surface area contributed by atoms with Crippen LogP contribution in [0.4, 0.5) is 14.9 Å². The van der Waals surface area contributed by atoms with Gasteiger partial charge >= 0.3 is 12.1 Å². The molecule has 4 atom stereocenters. The van der Waals surface area contributed by atoms with Crippen LogP contribution in [0, 0.1) is 5.92 Å². The third-order valence-corrected chi connectivity index (χ3v) is 6.36. The lowest BCUT2D eigenvalue weighted by Crippen LogP contribution is -2.36. The first-order valence-electron chi connectivity index (χ1n) is 13.0. The zero-order valence-corrected chi connectivity index (χ0v) is 23.7. The molecule has 0 aliphatic carbocycles. The summed E-state index contributed by atoms with van der Waals surface area (Å²) in [6.07, 6.45) is 1.01. The number of esters is 1. The van der Waals surface area contributed by atoms with Crippen LogP contribution in [0.25, 0.3) is 6.08 Å². The highest BCUT2D eigenvalue weighted by molar-refractivity contribution is 5.99. The van der Waals surface area contributed by atoms with Gasteiger partial charge in [-0.15, -0.1) is 0 Å². The minimum absolute atomic E-state index is 0.118. The Bertz CT molecular complexity index is 1180. The standard InChI is InChI=1S/C29H38FNO8/c1-9-31(27(35)39-28(4,5)6)19-14-18-11-10-12-22-25(38-29(7,8)37-22)24(33)20(30)13-16(2)17(3)36-26(34)23(18)21(32)15-19/h10-11,13-17,22,25,32H,9,12H2,1-8H3/t16-,17+,22+,25+/m1/s1. The fraction of sp³-hybridized carbons (Fsp3) is 0.552. The Labute approximate surface area is 228 Å². The average Bonchev–Trinajstić information content (AvgIpc) is 3.10. The summed E-state index contributed by atoms with van der Waals surface area (Å²) in [5, 5.41) is 10.9. The monoisotopic (exact) mass is 547 g/mol. The molecule has 1 aromatic carbocycles. The minimum Gasteiger partial charge on any atom is -0.507 e. The summed E-state index contributed by atoms with van der Waals surface area (Å²) in [6.45, 7) is 13.7. The number of phenolic OH excluding ortho intramolecular Hbond substituents is 1. The molecule has 3 rings (SSSR count). The summed E-state index contributed by atoms with van der Waals surface area (Å²) in [4.78, 5) is 40.3. The van der Waals surface area contributed by atoms with E-state index in [2.05, 4.69) is 0 Å². The lowest BCUT2D eigenvalue weighted by Gasteiger charge is -2.27. The predicted octanol–water partition coefficient (Wildman–Crippen LogP) is 5.69. The zero-order chi connectivity index (χ0) is 29.3. The van der Waals surface area contributed by atoms with Crippen molar-refractivity contribution in [2.45, 2.75) is 91.5 Å². The Morgan fingerprint density at radius 1 is 1.21 bits per heavy atom. The molecule has 2 aliphatic rings. The molecule has 39 heavy (non-hydrogen) atoms. The van der Waals surface area contributed by atoms with Gasteiger partial charge in [-0.2, -0.15) is 0 Å². The number of phenols is 1. The van der Waals surface area contributed by atoms with E-state index in [0.717, 1.165) is 6.08 Å². The van der Waals surface area contributed by atoms with Crippen LogP contribution in [0.15, 0.2) is 30.1 Å². The Morgan fingerprint density at radius 3 is 2.49 bits per heavy atom. The van der Waals surface area contributed by atoms with Gasteiger partial charge in [-0.25, -0.2) is 14.0 Å². The number of halogens is 1. The maximum atomic E-state index is 14.9. The van der Waals surface area contributed by atoms with Crippen LogP contribution < -0.4 is 4.90 Å². The molecule has 1 aromatic rings. The van der Waals surface area contributed by atoms with Gasteiger partial charge in [0.2, 0.25) is 5.78 Å². The molecule has 0 bridgehead atoms. The molecule has 1 amide bonds. The molecule has 2 heterocycles. The van der Waals surface area contributed by atoms with Crippen molar-refractivity contribution in [3.05, 3.63) is 41.2 Å². The number of carbonyl (C=O) groups is 3. The fourth-order valence-electron chi connectivity index (χ4n) is 4.36. The van der Waals surface area contributed by atoms with Crippen molar-refractivity contribution in [3.63, 3.8) is 0 Å². The van der Waals surface area contributed by atoms with Crippen molar-refractivity contribution >= 4 is 29.6 Å². The van der Waals surface area contributed by atoms with Crippen molar-refractivity contribution in [2.24, 2.45) is 5.92 Å². The number of rotatable bonds is 2. The number of Topliss-reactive ketones (excluding diaryl/α,β-unsaturated/α-hetero) is 1. The minimum atomic E-state index is -1.17. The number of carbonyl (C=O) groups excluding carboxylic acids is 3.